The van der Waals surface area contributed by atoms with Crippen LogP contribution < -0.4 is 0 Å². The van der Waals surface area contributed by atoms with E-state index in [1.165, 1.54) is 12.1 Å². The molecule has 0 aliphatic heterocycles. The van der Waals surface area contributed by atoms with Crippen LogP contribution in [0.25, 0.3) is 0 Å². The van der Waals surface area contributed by atoms with E-state index in [0.717, 1.165) is 0 Å². The lowest BCUT2D eigenvalue weighted by molar-refractivity contribution is 0.557. The second kappa shape index (κ2) is 3.30. The van der Waals surface area contributed by atoms with Crippen LogP contribution >= 0.6 is 15.9 Å². The van der Waals surface area contributed by atoms with Gasteiger partial charge in [-0.2, -0.15) is 0 Å². The zero-order chi connectivity index (χ0) is 8.43. The molecule has 0 N–H and O–H groups in total. The lowest BCUT2D eigenvalue weighted by atomic mass is 10.1. The SMILES string of the molecule is CCc1c(F)cc(Br)cc1F. The molecular weight excluding hydrogens is 214 g/mol. The van der Waals surface area contributed by atoms with E-state index in [2.05, 4.69) is 15.9 Å². The maximum atomic E-state index is 12.8. The molecule has 0 spiro atoms. The molecule has 0 saturated carbocycles. The van der Waals surface area contributed by atoms with E-state index in [1.807, 2.05) is 0 Å². The fraction of sp³-hybridized carbons (Fsp3) is 0.250. The van der Waals surface area contributed by atoms with Gasteiger partial charge in [0.25, 0.3) is 0 Å². The molecule has 0 aliphatic carbocycles. The minimum absolute atomic E-state index is 0.146. The van der Waals surface area contributed by atoms with Crippen molar-refractivity contribution in [3.8, 4) is 0 Å². The predicted octanol–water partition coefficient (Wildman–Crippen LogP) is 3.29. The minimum atomic E-state index is -0.487. The van der Waals surface area contributed by atoms with Gasteiger partial charge in [-0.25, -0.2) is 8.78 Å². The monoisotopic (exact) mass is 220 g/mol. The van der Waals surface area contributed by atoms with Gasteiger partial charge in [-0.3, -0.25) is 0 Å². The summed E-state index contributed by atoms with van der Waals surface area (Å²) in [6.07, 6.45) is 0.380. The maximum Gasteiger partial charge on any atom is 0.130 e. The van der Waals surface area contributed by atoms with Crippen molar-refractivity contribution >= 4 is 15.9 Å². The zero-order valence-corrected chi connectivity index (χ0v) is 7.58. The fourth-order valence-corrected chi connectivity index (χ4v) is 1.31. The van der Waals surface area contributed by atoms with E-state index in [0.29, 0.717) is 10.9 Å². The summed E-state index contributed by atoms with van der Waals surface area (Å²) in [4.78, 5) is 0. The first-order chi connectivity index (χ1) is 5.15. The van der Waals surface area contributed by atoms with E-state index in [4.69, 9.17) is 0 Å². The second-order valence-corrected chi connectivity index (χ2v) is 3.12. The smallest absolute Gasteiger partial charge is 0.130 e. The standard InChI is InChI=1S/C8H7BrF2/c1-2-6-7(10)3-5(9)4-8(6)11/h3-4H,2H2,1H3. The fourth-order valence-electron chi connectivity index (χ4n) is 0.910. The van der Waals surface area contributed by atoms with Crippen LogP contribution in [0.1, 0.15) is 12.5 Å². The largest absolute Gasteiger partial charge is 0.207 e. The van der Waals surface area contributed by atoms with Gasteiger partial charge in [0.05, 0.1) is 0 Å². The van der Waals surface area contributed by atoms with Crippen molar-refractivity contribution in [2.45, 2.75) is 13.3 Å². The third-order valence-electron chi connectivity index (χ3n) is 1.46. The number of hydrogen-bond donors (Lipinski definition) is 0. The highest BCUT2D eigenvalue weighted by Gasteiger charge is 2.07. The molecule has 11 heavy (non-hydrogen) atoms. The molecule has 0 fully saturated rings. The van der Waals surface area contributed by atoms with Gasteiger partial charge in [-0.1, -0.05) is 22.9 Å². The lowest BCUT2D eigenvalue weighted by Crippen LogP contribution is -1.92. The van der Waals surface area contributed by atoms with Gasteiger partial charge in [-0.05, 0) is 18.6 Å². The summed E-state index contributed by atoms with van der Waals surface area (Å²) >= 11 is 3.00. The quantitative estimate of drug-likeness (QED) is 0.682. The highest BCUT2D eigenvalue weighted by molar-refractivity contribution is 9.10. The Morgan fingerprint density at radius 1 is 1.27 bits per heavy atom. The Morgan fingerprint density at radius 3 is 2.09 bits per heavy atom. The molecule has 0 aliphatic rings. The second-order valence-electron chi connectivity index (χ2n) is 2.20. The molecule has 0 atom stereocenters. The van der Waals surface area contributed by atoms with Crippen LogP contribution in [0.2, 0.25) is 0 Å². The van der Waals surface area contributed by atoms with Gasteiger partial charge in [0.1, 0.15) is 11.6 Å². The molecule has 0 aromatic heterocycles. The van der Waals surface area contributed by atoms with Gasteiger partial charge in [0.15, 0.2) is 0 Å². The summed E-state index contributed by atoms with van der Waals surface area (Å²) in [7, 11) is 0. The Labute approximate surface area is 72.4 Å². The first kappa shape index (κ1) is 8.65. The van der Waals surface area contributed by atoms with Crippen LogP contribution in [0.4, 0.5) is 8.78 Å². The average Bonchev–Trinajstić information content (AvgIpc) is 1.85. The zero-order valence-electron chi connectivity index (χ0n) is 6.00. The molecule has 0 amide bonds. The molecule has 1 rings (SSSR count). The van der Waals surface area contributed by atoms with Crippen molar-refractivity contribution in [1.82, 2.24) is 0 Å². The molecule has 0 heterocycles. The molecule has 0 radical (unpaired) electrons. The van der Waals surface area contributed by atoms with Crippen molar-refractivity contribution in [3.63, 3.8) is 0 Å². The van der Waals surface area contributed by atoms with Crippen molar-refractivity contribution in [3.05, 3.63) is 33.8 Å². The van der Waals surface area contributed by atoms with Crippen LogP contribution in [0, 0.1) is 11.6 Å². The van der Waals surface area contributed by atoms with Crippen LogP contribution in [-0.2, 0) is 6.42 Å². The molecule has 0 nitrogen and oxygen atoms in total. The minimum Gasteiger partial charge on any atom is -0.207 e. The Bertz CT molecular complexity index is 248. The van der Waals surface area contributed by atoms with Gasteiger partial charge in [0, 0.05) is 10.0 Å². The Hall–Kier alpha value is -0.440. The number of halogens is 3. The molecule has 1 aromatic rings. The van der Waals surface area contributed by atoms with E-state index < -0.39 is 11.6 Å². The van der Waals surface area contributed by atoms with Gasteiger partial charge >= 0.3 is 0 Å². The molecule has 0 saturated heterocycles. The summed E-state index contributed by atoms with van der Waals surface area (Å²) in [5.41, 5.74) is 0.146. The van der Waals surface area contributed by atoms with Crippen LogP contribution in [-0.4, -0.2) is 0 Å². The van der Waals surface area contributed by atoms with Crippen LogP contribution in [0.15, 0.2) is 16.6 Å². The maximum absolute atomic E-state index is 12.8. The Balaban J connectivity index is 3.25. The first-order valence-electron chi connectivity index (χ1n) is 3.28. The van der Waals surface area contributed by atoms with E-state index in [1.54, 1.807) is 6.92 Å². The van der Waals surface area contributed by atoms with Crippen LogP contribution in [0.3, 0.4) is 0 Å². The molecule has 1 aromatic carbocycles. The third-order valence-corrected chi connectivity index (χ3v) is 1.92. The Kier molecular flexibility index (Phi) is 2.60. The highest BCUT2D eigenvalue weighted by atomic mass is 79.9. The summed E-state index contributed by atoms with van der Waals surface area (Å²) in [5, 5.41) is 0. The summed E-state index contributed by atoms with van der Waals surface area (Å²) in [6, 6.07) is 2.53. The lowest BCUT2D eigenvalue weighted by Gasteiger charge is -2.01. The van der Waals surface area contributed by atoms with E-state index in [-0.39, 0.29) is 5.56 Å². The van der Waals surface area contributed by atoms with E-state index >= 15 is 0 Å². The summed E-state index contributed by atoms with van der Waals surface area (Å²) in [5.74, 6) is -0.973. The number of benzene rings is 1. The van der Waals surface area contributed by atoms with E-state index in [9.17, 15) is 8.78 Å². The Morgan fingerprint density at radius 2 is 1.73 bits per heavy atom. The summed E-state index contributed by atoms with van der Waals surface area (Å²) in [6.45, 7) is 1.72. The third kappa shape index (κ3) is 1.77. The van der Waals surface area contributed by atoms with Crippen molar-refractivity contribution < 1.29 is 8.78 Å². The van der Waals surface area contributed by atoms with Crippen molar-refractivity contribution in [2.24, 2.45) is 0 Å². The van der Waals surface area contributed by atoms with Gasteiger partial charge < -0.3 is 0 Å². The van der Waals surface area contributed by atoms with Crippen LogP contribution in [0.5, 0.6) is 0 Å². The summed E-state index contributed by atoms with van der Waals surface area (Å²) < 4.78 is 26.1. The number of rotatable bonds is 1. The van der Waals surface area contributed by atoms with Gasteiger partial charge in [-0.15, -0.1) is 0 Å². The first-order valence-corrected chi connectivity index (χ1v) is 4.08. The molecular formula is C8H7BrF2. The van der Waals surface area contributed by atoms with Crippen molar-refractivity contribution in [2.75, 3.05) is 0 Å². The number of hydrogen-bond acceptors (Lipinski definition) is 0. The average molecular weight is 221 g/mol. The predicted molar refractivity (Wildman–Crippen MR) is 43.4 cm³/mol. The highest BCUT2D eigenvalue weighted by Crippen LogP contribution is 2.19. The molecule has 3 heteroatoms. The normalized spacial score (nSPS) is 10.2. The topological polar surface area (TPSA) is 0 Å². The molecule has 0 bridgehead atoms. The molecule has 60 valence electrons. The molecule has 0 unspecified atom stereocenters. The van der Waals surface area contributed by atoms with Gasteiger partial charge in [0.2, 0.25) is 0 Å². The van der Waals surface area contributed by atoms with Crippen molar-refractivity contribution in [1.29, 1.82) is 0 Å².